The number of likely N-dealkylation sites (N-methyl/N-ethyl adjacent to an activating group) is 1. The van der Waals surface area contributed by atoms with E-state index in [9.17, 15) is 18.0 Å². The van der Waals surface area contributed by atoms with Gasteiger partial charge in [-0.25, -0.2) is 8.42 Å². The summed E-state index contributed by atoms with van der Waals surface area (Å²) >= 11 is 0. The SMILES string of the molecule is C[NH+](C)CCNC(=O)c1c[nH]c2ccc(S(=O)(=O)N3CCc4ccccc43)cc2c1=O. The fraction of sp³-hybridized carbons (Fsp3) is 0.273. The summed E-state index contributed by atoms with van der Waals surface area (Å²) in [5.74, 6) is -0.480. The normalized spacial score (nSPS) is 13.6. The number of hydrogen-bond donors (Lipinski definition) is 3. The zero-order chi connectivity index (χ0) is 22.2. The van der Waals surface area contributed by atoms with Crippen LogP contribution in [-0.4, -0.2) is 53.0 Å². The number of sulfonamides is 1. The van der Waals surface area contributed by atoms with Gasteiger partial charge < -0.3 is 15.2 Å². The molecule has 0 aliphatic carbocycles. The highest BCUT2D eigenvalue weighted by atomic mass is 32.2. The minimum Gasteiger partial charge on any atom is -0.360 e. The predicted octanol–water partition coefficient (Wildman–Crippen LogP) is 0.154. The summed E-state index contributed by atoms with van der Waals surface area (Å²) in [6.45, 7) is 1.50. The summed E-state index contributed by atoms with van der Waals surface area (Å²) in [5.41, 5.74) is 1.57. The maximum Gasteiger partial charge on any atom is 0.264 e. The number of fused-ring (bicyclic) bond motifs is 2. The van der Waals surface area contributed by atoms with E-state index in [-0.39, 0.29) is 15.8 Å². The Morgan fingerprint density at radius 1 is 1.19 bits per heavy atom. The van der Waals surface area contributed by atoms with Gasteiger partial charge in [-0.2, -0.15) is 0 Å². The van der Waals surface area contributed by atoms with Crippen molar-refractivity contribution < 1.29 is 18.1 Å². The highest BCUT2D eigenvalue weighted by Gasteiger charge is 2.31. The number of H-pyrrole nitrogens is 1. The Hall–Kier alpha value is -3.17. The average molecular weight is 442 g/mol. The third-order valence-electron chi connectivity index (χ3n) is 5.44. The Labute approximate surface area is 180 Å². The summed E-state index contributed by atoms with van der Waals surface area (Å²) in [4.78, 5) is 29.5. The van der Waals surface area contributed by atoms with Crippen LogP contribution in [0.3, 0.4) is 0 Å². The molecule has 0 unspecified atom stereocenters. The fourth-order valence-electron chi connectivity index (χ4n) is 3.73. The molecule has 3 N–H and O–H groups in total. The molecule has 8 nitrogen and oxygen atoms in total. The Kier molecular flexibility index (Phi) is 5.55. The molecule has 1 aliphatic heterocycles. The van der Waals surface area contributed by atoms with Crippen molar-refractivity contribution in [3.8, 4) is 0 Å². The van der Waals surface area contributed by atoms with Crippen LogP contribution in [0.2, 0.25) is 0 Å². The van der Waals surface area contributed by atoms with Gasteiger partial charge in [0.15, 0.2) is 0 Å². The molecular formula is C22H25N4O4S+. The molecule has 9 heteroatoms. The van der Waals surface area contributed by atoms with E-state index < -0.39 is 21.4 Å². The van der Waals surface area contributed by atoms with Crippen molar-refractivity contribution in [3.63, 3.8) is 0 Å². The van der Waals surface area contributed by atoms with Crippen molar-refractivity contribution in [2.24, 2.45) is 0 Å². The highest BCUT2D eigenvalue weighted by Crippen LogP contribution is 2.33. The first kappa shape index (κ1) is 21.1. The van der Waals surface area contributed by atoms with Crippen molar-refractivity contribution in [1.82, 2.24) is 10.3 Å². The molecule has 3 aromatic rings. The van der Waals surface area contributed by atoms with Crippen LogP contribution in [0.25, 0.3) is 10.9 Å². The number of nitrogens with one attached hydrogen (secondary N) is 3. The zero-order valence-corrected chi connectivity index (χ0v) is 18.3. The van der Waals surface area contributed by atoms with Crippen LogP contribution >= 0.6 is 0 Å². The number of amides is 1. The molecule has 4 rings (SSSR count). The third-order valence-corrected chi connectivity index (χ3v) is 7.25. The lowest BCUT2D eigenvalue weighted by atomic mass is 10.1. The van der Waals surface area contributed by atoms with E-state index in [0.717, 1.165) is 12.1 Å². The van der Waals surface area contributed by atoms with Crippen LogP contribution in [0.15, 0.2) is 58.4 Å². The number of aromatic amines is 1. The van der Waals surface area contributed by atoms with Crippen molar-refractivity contribution in [3.05, 3.63) is 70.0 Å². The number of pyridine rings is 1. The molecule has 2 aromatic carbocycles. The number of carbonyl (C=O) groups is 1. The average Bonchev–Trinajstić information content (AvgIpc) is 3.18. The Morgan fingerprint density at radius 2 is 1.97 bits per heavy atom. The van der Waals surface area contributed by atoms with Crippen LogP contribution in [0.1, 0.15) is 15.9 Å². The molecule has 0 atom stereocenters. The second kappa shape index (κ2) is 8.16. The van der Waals surface area contributed by atoms with Crippen molar-refractivity contribution in [2.45, 2.75) is 11.3 Å². The number of quaternary nitrogens is 1. The van der Waals surface area contributed by atoms with Crippen LogP contribution < -0.4 is 20.0 Å². The van der Waals surface area contributed by atoms with E-state index in [4.69, 9.17) is 0 Å². The smallest absolute Gasteiger partial charge is 0.264 e. The molecule has 1 aliphatic rings. The number of nitrogens with zero attached hydrogens (tertiary/aromatic N) is 1. The van der Waals surface area contributed by atoms with Crippen LogP contribution in [0.4, 0.5) is 5.69 Å². The number of para-hydroxylation sites is 1. The molecule has 2 heterocycles. The lowest BCUT2D eigenvalue weighted by molar-refractivity contribution is -0.856. The predicted molar refractivity (Wildman–Crippen MR) is 119 cm³/mol. The molecule has 0 radical (unpaired) electrons. The van der Waals surface area contributed by atoms with Crippen LogP contribution in [-0.2, 0) is 16.4 Å². The number of aromatic nitrogens is 1. The molecule has 1 amide bonds. The second-order valence-electron chi connectivity index (χ2n) is 7.91. The first-order valence-corrected chi connectivity index (χ1v) is 11.6. The van der Waals surface area contributed by atoms with Gasteiger partial charge in [-0.1, -0.05) is 18.2 Å². The Balaban J connectivity index is 1.70. The molecule has 0 bridgehead atoms. The van der Waals surface area contributed by atoms with Gasteiger partial charge >= 0.3 is 0 Å². The number of anilines is 1. The lowest BCUT2D eigenvalue weighted by Crippen LogP contribution is -3.06. The fourth-order valence-corrected chi connectivity index (χ4v) is 5.26. The first-order valence-electron chi connectivity index (χ1n) is 10.1. The number of carbonyl (C=O) groups excluding carboxylic acids is 1. The molecule has 0 saturated carbocycles. The molecule has 0 spiro atoms. The van der Waals surface area contributed by atoms with Gasteiger partial charge in [-0.3, -0.25) is 13.9 Å². The molecule has 0 fully saturated rings. The van der Waals surface area contributed by atoms with Gasteiger partial charge in [-0.15, -0.1) is 0 Å². The van der Waals surface area contributed by atoms with Gasteiger partial charge in [0.2, 0.25) is 5.43 Å². The summed E-state index contributed by atoms with van der Waals surface area (Å²) in [5, 5.41) is 2.90. The van der Waals surface area contributed by atoms with Crippen molar-refractivity contribution >= 4 is 32.5 Å². The summed E-state index contributed by atoms with van der Waals surface area (Å²) in [6.07, 6.45) is 2.01. The zero-order valence-electron chi connectivity index (χ0n) is 17.4. The van der Waals surface area contributed by atoms with Gasteiger partial charge in [0.1, 0.15) is 5.56 Å². The molecule has 1 aromatic heterocycles. The minimum absolute atomic E-state index is 0.0240. The number of rotatable bonds is 6. The molecule has 31 heavy (non-hydrogen) atoms. The quantitative estimate of drug-likeness (QED) is 0.507. The van der Waals surface area contributed by atoms with Gasteiger partial charge in [0, 0.05) is 23.6 Å². The Morgan fingerprint density at radius 3 is 2.74 bits per heavy atom. The number of benzene rings is 2. The largest absolute Gasteiger partial charge is 0.360 e. The van der Waals surface area contributed by atoms with Crippen LogP contribution in [0.5, 0.6) is 0 Å². The highest BCUT2D eigenvalue weighted by molar-refractivity contribution is 7.92. The summed E-state index contributed by atoms with van der Waals surface area (Å²) in [7, 11) is 0.0961. The van der Waals surface area contributed by atoms with Gasteiger partial charge in [-0.05, 0) is 36.2 Å². The first-order chi connectivity index (χ1) is 14.8. The molecule has 0 saturated heterocycles. The van der Waals surface area contributed by atoms with Crippen molar-refractivity contribution in [1.29, 1.82) is 0 Å². The lowest BCUT2D eigenvalue weighted by Gasteiger charge is -2.19. The van der Waals surface area contributed by atoms with Gasteiger partial charge in [0.05, 0.1) is 37.8 Å². The van der Waals surface area contributed by atoms with E-state index >= 15 is 0 Å². The Bertz CT molecular complexity index is 1310. The summed E-state index contributed by atoms with van der Waals surface area (Å²) in [6, 6.07) is 11.8. The number of hydrogen-bond acceptors (Lipinski definition) is 4. The topological polar surface area (TPSA) is 104 Å². The maximum atomic E-state index is 13.3. The monoisotopic (exact) mass is 441 g/mol. The maximum absolute atomic E-state index is 13.3. The summed E-state index contributed by atoms with van der Waals surface area (Å²) < 4.78 is 28.0. The second-order valence-corrected chi connectivity index (χ2v) is 9.77. The van der Waals surface area contributed by atoms with Crippen LogP contribution in [0, 0.1) is 0 Å². The molecular weight excluding hydrogens is 416 g/mol. The standard InChI is InChI=1S/C22H24N4O4S/c1-25(2)12-10-23-22(28)18-14-24-19-8-7-16(13-17(19)21(18)27)31(29,30)26-11-9-15-5-3-4-6-20(15)26/h3-8,13-14H,9-12H2,1-2H3,(H,23,28)(H,24,27)/p+1. The van der Waals surface area contributed by atoms with E-state index in [0.29, 0.717) is 30.7 Å². The van der Waals surface area contributed by atoms with E-state index in [1.807, 2.05) is 26.2 Å². The van der Waals surface area contributed by atoms with Gasteiger partial charge in [0.25, 0.3) is 15.9 Å². The van der Waals surface area contributed by atoms with E-state index in [1.165, 1.54) is 27.5 Å². The van der Waals surface area contributed by atoms with Crippen molar-refractivity contribution in [2.75, 3.05) is 38.0 Å². The van der Waals surface area contributed by atoms with E-state index in [2.05, 4.69) is 10.3 Å². The molecule has 162 valence electrons. The minimum atomic E-state index is -3.84. The third kappa shape index (κ3) is 3.94. The van der Waals surface area contributed by atoms with E-state index in [1.54, 1.807) is 18.2 Å².